The largest absolute Gasteiger partial charge is 0.461 e. The highest BCUT2D eigenvalue weighted by molar-refractivity contribution is 6.35. The smallest absolute Gasteiger partial charge is 0.354 e. The molecule has 2 rings (SSSR count). The number of amides is 1. The van der Waals surface area contributed by atoms with E-state index in [1.165, 1.54) is 6.92 Å². The Kier molecular flexibility index (Phi) is 5.46. The van der Waals surface area contributed by atoms with Gasteiger partial charge in [0.15, 0.2) is 5.84 Å². The topological polar surface area (TPSA) is 92.2 Å². The third-order valence-corrected chi connectivity index (χ3v) is 3.41. The highest BCUT2D eigenvalue weighted by Crippen LogP contribution is 2.23. The quantitative estimate of drug-likeness (QED) is 0.499. The molecule has 0 aromatic heterocycles. The summed E-state index contributed by atoms with van der Waals surface area (Å²) in [7, 11) is 0. The van der Waals surface area contributed by atoms with Crippen molar-refractivity contribution in [2.24, 2.45) is 10.2 Å². The molecule has 1 saturated heterocycles. The SMILES string of the molecule is CCOC(=O)/C(C)=N/N=C1/NNC(=O)CC1c1ccc(C)cc1. The van der Waals surface area contributed by atoms with Gasteiger partial charge in [-0.25, -0.2) is 4.79 Å². The minimum atomic E-state index is -0.511. The Labute approximate surface area is 134 Å². The maximum atomic E-state index is 11.7. The number of benzene rings is 1. The summed E-state index contributed by atoms with van der Waals surface area (Å²) in [6.07, 6.45) is 0.267. The van der Waals surface area contributed by atoms with E-state index in [1.54, 1.807) is 6.92 Å². The van der Waals surface area contributed by atoms with Crippen molar-refractivity contribution in [3.8, 4) is 0 Å². The van der Waals surface area contributed by atoms with Crippen LogP contribution in [0.15, 0.2) is 34.5 Å². The predicted molar refractivity (Wildman–Crippen MR) is 87.0 cm³/mol. The van der Waals surface area contributed by atoms with Gasteiger partial charge in [0.1, 0.15) is 5.71 Å². The number of aryl methyl sites for hydroxylation is 1. The first-order valence-electron chi connectivity index (χ1n) is 7.42. The number of carbonyl (C=O) groups excluding carboxylic acids is 2. The molecule has 7 nitrogen and oxygen atoms in total. The molecular weight excluding hydrogens is 296 g/mol. The van der Waals surface area contributed by atoms with Crippen LogP contribution in [0.5, 0.6) is 0 Å². The Morgan fingerprint density at radius 1 is 1.30 bits per heavy atom. The van der Waals surface area contributed by atoms with Crippen molar-refractivity contribution in [1.29, 1.82) is 0 Å². The van der Waals surface area contributed by atoms with Gasteiger partial charge in [-0.2, -0.15) is 0 Å². The molecular formula is C16H20N4O3. The number of hydrogen-bond acceptors (Lipinski definition) is 5. The molecule has 1 heterocycles. The van der Waals surface area contributed by atoms with Crippen LogP contribution in [0.25, 0.3) is 0 Å². The zero-order valence-corrected chi connectivity index (χ0v) is 13.4. The lowest BCUT2D eigenvalue weighted by atomic mass is 9.92. The van der Waals surface area contributed by atoms with Gasteiger partial charge in [-0.3, -0.25) is 15.6 Å². The number of carbonyl (C=O) groups is 2. The third-order valence-electron chi connectivity index (χ3n) is 3.41. The molecule has 0 saturated carbocycles. The summed E-state index contributed by atoms with van der Waals surface area (Å²) in [5, 5.41) is 7.98. The summed E-state index contributed by atoms with van der Waals surface area (Å²) >= 11 is 0. The van der Waals surface area contributed by atoms with Crippen molar-refractivity contribution >= 4 is 23.4 Å². The standard InChI is InChI=1S/C16H20N4O3/c1-4-23-16(22)11(3)17-19-15-13(9-14(21)18-20-15)12-7-5-10(2)6-8-12/h5-8,13H,4,9H2,1-3H3,(H,18,21)(H,19,20)/b17-11+. The molecule has 7 heteroatoms. The van der Waals surface area contributed by atoms with E-state index in [9.17, 15) is 9.59 Å². The molecule has 0 aliphatic carbocycles. The molecule has 1 fully saturated rings. The zero-order valence-electron chi connectivity index (χ0n) is 13.4. The maximum absolute atomic E-state index is 11.7. The second-order valence-corrected chi connectivity index (χ2v) is 5.23. The fourth-order valence-corrected chi connectivity index (χ4v) is 2.13. The minimum absolute atomic E-state index is 0.124. The Morgan fingerprint density at radius 3 is 2.65 bits per heavy atom. The number of hydrogen-bond donors (Lipinski definition) is 2. The molecule has 0 bridgehead atoms. The molecule has 1 aliphatic heterocycles. The van der Waals surface area contributed by atoms with E-state index in [4.69, 9.17) is 4.74 Å². The van der Waals surface area contributed by atoms with E-state index < -0.39 is 5.97 Å². The average molecular weight is 316 g/mol. The van der Waals surface area contributed by atoms with Crippen LogP contribution in [0.4, 0.5) is 0 Å². The van der Waals surface area contributed by atoms with Crippen molar-refractivity contribution in [3.63, 3.8) is 0 Å². The van der Waals surface area contributed by atoms with Crippen LogP contribution >= 0.6 is 0 Å². The highest BCUT2D eigenvalue weighted by Gasteiger charge is 2.27. The number of amidine groups is 1. The van der Waals surface area contributed by atoms with Crippen molar-refractivity contribution in [2.45, 2.75) is 33.1 Å². The summed E-state index contributed by atoms with van der Waals surface area (Å²) in [6.45, 7) is 5.53. The number of ether oxygens (including phenoxy) is 1. The van der Waals surface area contributed by atoms with Gasteiger partial charge in [-0.05, 0) is 26.3 Å². The van der Waals surface area contributed by atoms with Gasteiger partial charge in [0, 0.05) is 6.42 Å². The van der Waals surface area contributed by atoms with E-state index in [0.717, 1.165) is 11.1 Å². The monoisotopic (exact) mass is 316 g/mol. The molecule has 1 aromatic rings. The first-order chi connectivity index (χ1) is 11.0. The summed E-state index contributed by atoms with van der Waals surface area (Å²) in [6, 6.07) is 7.87. The molecule has 0 radical (unpaired) electrons. The van der Waals surface area contributed by atoms with Gasteiger partial charge < -0.3 is 4.74 Å². The van der Waals surface area contributed by atoms with E-state index in [-0.39, 0.29) is 30.6 Å². The maximum Gasteiger partial charge on any atom is 0.354 e. The number of rotatable bonds is 4. The molecule has 1 amide bonds. The lowest BCUT2D eigenvalue weighted by Crippen LogP contribution is -2.50. The van der Waals surface area contributed by atoms with Crippen LogP contribution in [0, 0.1) is 6.92 Å². The van der Waals surface area contributed by atoms with Gasteiger partial charge in [-0.15, -0.1) is 10.2 Å². The van der Waals surface area contributed by atoms with Crippen LogP contribution in [0.3, 0.4) is 0 Å². The fourth-order valence-electron chi connectivity index (χ4n) is 2.13. The van der Waals surface area contributed by atoms with Crippen LogP contribution < -0.4 is 10.9 Å². The predicted octanol–water partition coefficient (Wildman–Crippen LogP) is 1.44. The number of nitrogens with zero attached hydrogens (tertiary/aromatic N) is 2. The summed E-state index contributed by atoms with van der Waals surface area (Å²) in [4.78, 5) is 23.2. The van der Waals surface area contributed by atoms with Gasteiger partial charge in [0.2, 0.25) is 5.91 Å². The first-order valence-corrected chi connectivity index (χ1v) is 7.42. The first kappa shape index (κ1) is 16.7. The van der Waals surface area contributed by atoms with Crippen molar-refractivity contribution in [2.75, 3.05) is 6.61 Å². The van der Waals surface area contributed by atoms with Crippen molar-refractivity contribution < 1.29 is 14.3 Å². The molecule has 2 N–H and O–H groups in total. The van der Waals surface area contributed by atoms with Crippen molar-refractivity contribution in [1.82, 2.24) is 10.9 Å². The van der Waals surface area contributed by atoms with Crippen molar-refractivity contribution in [3.05, 3.63) is 35.4 Å². The Morgan fingerprint density at radius 2 is 2.00 bits per heavy atom. The molecule has 1 aromatic carbocycles. The number of nitrogens with one attached hydrogen (secondary N) is 2. The van der Waals surface area contributed by atoms with Crippen LogP contribution in [0.1, 0.15) is 37.3 Å². The van der Waals surface area contributed by atoms with Gasteiger partial charge in [-0.1, -0.05) is 29.8 Å². The molecule has 0 spiro atoms. The normalized spacial score (nSPS) is 20.0. The lowest BCUT2D eigenvalue weighted by molar-refractivity contribution is -0.135. The zero-order chi connectivity index (χ0) is 16.8. The summed E-state index contributed by atoms with van der Waals surface area (Å²) in [5.74, 6) is -0.385. The van der Waals surface area contributed by atoms with Crippen LogP contribution in [0.2, 0.25) is 0 Å². The third kappa shape index (κ3) is 4.38. The van der Waals surface area contributed by atoms with Crippen LogP contribution in [-0.2, 0) is 14.3 Å². The lowest BCUT2D eigenvalue weighted by Gasteiger charge is -2.25. The minimum Gasteiger partial charge on any atom is -0.461 e. The molecule has 1 aliphatic rings. The Balaban J connectivity index is 2.25. The van der Waals surface area contributed by atoms with Crippen LogP contribution in [-0.4, -0.2) is 30.0 Å². The fraction of sp³-hybridized carbons (Fsp3) is 0.375. The molecule has 1 atom stereocenters. The van der Waals surface area contributed by atoms with E-state index >= 15 is 0 Å². The van der Waals surface area contributed by atoms with Gasteiger partial charge >= 0.3 is 5.97 Å². The summed E-state index contributed by atoms with van der Waals surface area (Å²) in [5.41, 5.74) is 7.51. The molecule has 23 heavy (non-hydrogen) atoms. The van der Waals surface area contributed by atoms with E-state index in [2.05, 4.69) is 21.1 Å². The Hall–Kier alpha value is -2.70. The second-order valence-electron chi connectivity index (χ2n) is 5.23. The highest BCUT2D eigenvalue weighted by atomic mass is 16.5. The van der Waals surface area contributed by atoms with E-state index in [1.807, 2.05) is 31.2 Å². The van der Waals surface area contributed by atoms with Gasteiger partial charge in [0.25, 0.3) is 0 Å². The average Bonchev–Trinajstić information content (AvgIpc) is 2.54. The Bertz CT molecular complexity index is 650. The van der Waals surface area contributed by atoms with Gasteiger partial charge in [0.05, 0.1) is 12.5 Å². The number of hydrazine groups is 1. The summed E-state index contributed by atoms with van der Waals surface area (Å²) < 4.78 is 4.86. The van der Waals surface area contributed by atoms with E-state index in [0.29, 0.717) is 5.84 Å². The number of esters is 1. The second kappa shape index (κ2) is 7.53. The molecule has 122 valence electrons. The molecule has 1 unspecified atom stereocenters.